The highest BCUT2D eigenvalue weighted by atomic mass is 16.5. The van der Waals surface area contributed by atoms with Gasteiger partial charge in [-0.3, -0.25) is 9.59 Å². The third-order valence-electron chi connectivity index (χ3n) is 4.94. The molecule has 1 saturated carbocycles. The Morgan fingerprint density at radius 2 is 1.54 bits per heavy atom. The van der Waals surface area contributed by atoms with Crippen molar-refractivity contribution in [3.8, 4) is 17.2 Å². The fourth-order valence-corrected chi connectivity index (χ4v) is 3.38. The van der Waals surface area contributed by atoms with Crippen LogP contribution in [-0.2, 0) is 16.0 Å². The van der Waals surface area contributed by atoms with Gasteiger partial charge in [0.05, 0.1) is 27.2 Å². The van der Waals surface area contributed by atoms with Crippen molar-refractivity contribution >= 4 is 11.9 Å². The predicted octanol–water partition coefficient (Wildman–Crippen LogP) is 2.26. The van der Waals surface area contributed by atoms with Gasteiger partial charge in [-0.15, -0.1) is 0 Å². The van der Waals surface area contributed by atoms with Crippen LogP contribution in [0.1, 0.15) is 31.2 Å². The highest BCUT2D eigenvalue weighted by molar-refractivity contribution is 5.79. The molecule has 7 heteroatoms. The molecule has 2 rings (SSSR count). The number of carboxylic acid groups (broad SMARTS) is 1. The summed E-state index contributed by atoms with van der Waals surface area (Å²) in [4.78, 5) is 23.3. The van der Waals surface area contributed by atoms with Crippen LogP contribution in [0.3, 0.4) is 0 Å². The standard InChI is InChI=1S/C19H27NO6/c1-24-14-10-16(25-2)15(17(11-14)26-3)8-9-20-18(21)12-4-6-13(7-5-12)19(22)23/h10-13H,4-9H2,1-3H3,(H,20,21)(H,22,23). The molecule has 2 N–H and O–H groups in total. The van der Waals surface area contributed by atoms with Gasteiger partial charge in [0.15, 0.2) is 0 Å². The lowest BCUT2D eigenvalue weighted by atomic mass is 9.81. The summed E-state index contributed by atoms with van der Waals surface area (Å²) in [5.74, 6) is 0.747. The van der Waals surface area contributed by atoms with E-state index < -0.39 is 5.97 Å². The van der Waals surface area contributed by atoms with E-state index in [-0.39, 0.29) is 17.7 Å². The molecule has 1 aliphatic carbocycles. The summed E-state index contributed by atoms with van der Waals surface area (Å²) in [5.41, 5.74) is 0.866. The van der Waals surface area contributed by atoms with Crippen LogP contribution in [0.4, 0.5) is 0 Å². The molecule has 0 bridgehead atoms. The molecule has 7 nitrogen and oxygen atoms in total. The molecule has 1 fully saturated rings. The number of nitrogens with one attached hydrogen (secondary N) is 1. The maximum atomic E-state index is 12.3. The molecule has 0 aromatic heterocycles. The smallest absolute Gasteiger partial charge is 0.306 e. The number of carbonyl (C=O) groups is 2. The minimum absolute atomic E-state index is 0.0136. The lowest BCUT2D eigenvalue weighted by molar-refractivity contribution is -0.144. The second-order valence-electron chi connectivity index (χ2n) is 6.44. The first-order valence-electron chi connectivity index (χ1n) is 8.79. The Kier molecular flexibility index (Phi) is 7.12. The zero-order chi connectivity index (χ0) is 19.1. The van der Waals surface area contributed by atoms with Gasteiger partial charge in [-0.05, 0) is 32.1 Å². The van der Waals surface area contributed by atoms with Crippen LogP contribution < -0.4 is 19.5 Å². The molecule has 1 aliphatic rings. The maximum Gasteiger partial charge on any atom is 0.306 e. The van der Waals surface area contributed by atoms with Crippen molar-refractivity contribution in [1.82, 2.24) is 5.32 Å². The van der Waals surface area contributed by atoms with E-state index in [0.29, 0.717) is 55.9 Å². The van der Waals surface area contributed by atoms with Crippen molar-refractivity contribution in [3.05, 3.63) is 17.7 Å². The van der Waals surface area contributed by atoms with Gasteiger partial charge in [-0.2, -0.15) is 0 Å². The second-order valence-corrected chi connectivity index (χ2v) is 6.44. The molecule has 1 aromatic rings. The van der Waals surface area contributed by atoms with Crippen molar-refractivity contribution in [2.24, 2.45) is 11.8 Å². The zero-order valence-electron chi connectivity index (χ0n) is 15.5. The fourth-order valence-electron chi connectivity index (χ4n) is 3.38. The van der Waals surface area contributed by atoms with Crippen LogP contribution in [0, 0.1) is 11.8 Å². The summed E-state index contributed by atoms with van der Waals surface area (Å²) in [5, 5.41) is 12.0. The largest absolute Gasteiger partial charge is 0.496 e. The third kappa shape index (κ3) is 4.80. The Balaban J connectivity index is 1.91. The van der Waals surface area contributed by atoms with E-state index in [9.17, 15) is 9.59 Å². The van der Waals surface area contributed by atoms with Crippen LogP contribution >= 0.6 is 0 Å². The lowest BCUT2D eigenvalue weighted by Crippen LogP contribution is -2.35. The summed E-state index contributed by atoms with van der Waals surface area (Å²) in [6.45, 7) is 0.455. The van der Waals surface area contributed by atoms with Gasteiger partial charge >= 0.3 is 5.97 Å². The molecule has 144 valence electrons. The second kappa shape index (κ2) is 9.31. The van der Waals surface area contributed by atoms with Gasteiger partial charge in [0.25, 0.3) is 0 Å². The van der Waals surface area contributed by atoms with Crippen LogP contribution in [0.5, 0.6) is 17.2 Å². The van der Waals surface area contributed by atoms with Crippen molar-refractivity contribution in [2.75, 3.05) is 27.9 Å². The Bertz CT molecular complexity index is 612. The van der Waals surface area contributed by atoms with Crippen LogP contribution in [0.15, 0.2) is 12.1 Å². The van der Waals surface area contributed by atoms with Gasteiger partial charge in [0, 0.05) is 30.2 Å². The van der Waals surface area contributed by atoms with Gasteiger partial charge in [0.2, 0.25) is 5.91 Å². The van der Waals surface area contributed by atoms with Gasteiger partial charge in [-0.25, -0.2) is 0 Å². The number of carboxylic acids is 1. The van der Waals surface area contributed by atoms with Gasteiger partial charge in [0.1, 0.15) is 17.2 Å². The molecule has 0 radical (unpaired) electrons. The number of hydrogen-bond acceptors (Lipinski definition) is 5. The van der Waals surface area contributed by atoms with E-state index in [4.69, 9.17) is 19.3 Å². The van der Waals surface area contributed by atoms with E-state index in [2.05, 4.69) is 5.32 Å². The van der Waals surface area contributed by atoms with Crippen LogP contribution in [0.2, 0.25) is 0 Å². The number of carbonyl (C=O) groups excluding carboxylic acids is 1. The lowest BCUT2D eigenvalue weighted by Gasteiger charge is -2.25. The molecule has 0 spiro atoms. The van der Waals surface area contributed by atoms with E-state index in [1.165, 1.54) is 0 Å². The minimum atomic E-state index is -0.762. The molecule has 0 atom stereocenters. The highest BCUT2D eigenvalue weighted by Crippen LogP contribution is 2.34. The monoisotopic (exact) mass is 365 g/mol. The first-order chi connectivity index (χ1) is 12.5. The minimum Gasteiger partial charge on any atom is -0.496 e. The topological polar surface area (TPSA) is 94.1 Å². The predicted molar refractivity (Wildman–Crippen MR) is 95.9 cm³/mol. The summed E-state index contributed by atoms with van der Waals surface area (Å²) >= 11 is 0. The van der Waals surface area contributed by atoms with Crippen molar-refractivity contribution in [2.45, 2.75) is 32.1 Å². The van der Waals surface area contributed by atoms with Gasteiger partial charge in [-0.1, -0.05) is 0 Å². The first-order valence-corrected chi connectivity index (χ1v) is 8.79. The summed E-state index contributed by atoms with van der Waals surface area (Å²) < 4.78 is 16.1. The summed E-state index contributed by atoms with van der Waals surface area (Å²) in [6.07, 6.45) is 2.93. The van der Waals surface area contributed by atoms with E-state index >= 15 is 0 Å². The number of rotatable bonds is 8. The zero-order valence-corrected chi connectivity index (χ0v) is 15.5. The number of hydrogen-bond donors (Lipinski definition) is 2. The van der Waals surface area contributed by atoms with Crippen LogP contribution in [0.25, 0.3) is 0 Å². The Morgan fingerprint density at radius 1 is 1.00 bits per heavy atom. The summed E-state index contributed by atoms with van der Waals surface area (Å²) in [7, 11) is 4.74. The third-order valence-corrected chi connectivity index (χ3v) is 4.94. The van der Waals surface area contributed by atoms with Crippen LogP contribution in [-0.4, -0.2) is 44.9 Å². The van der Waals surface area contributed by atoms with E-state index in [1.54, 1.807) is 33.5 Å². The van der Waals surface area contributed by atoms with Gasteiger partial charge < -0.3 is 24.6 Å². The number of benzene rings is 1. The maximum absolute atomic E-state index is 12.3. The summed E-state index contributed by atoms with van der Waals surface area (Å²) in [6, 6.07) is 3.57. The molecule has 0 saturated heterocycles. The van der Waals surface area contributed by atoms with Crippen molar-refractivity contribution in [3.63, 3.8) is 0 Å². The Labute approximate surface area is 153 Å². The quantitative estimate of drug-likeness (QED) is 0.734. The first kappa shape index (κ1) is 19.9. The molecule has 0 heterocycles. The molecular formula is C19H27NO6. The molecule has 1 amide bonds. The average Bonchev–Trinajstić information content (AvgIpc) is 2.67. The molecule has 26 heavy (non-hydrogen) atoms. The van der Waals surface area contributed by atoms with E-state index in [0.717, 1.165) is 5.56 Å². The Morgan fingerprint density at radius 3 is 2.00 bits per heavy atom. The molecule has 0 unspecified atom stereocenters. The Hall–Kier alpha value is -2.44. The highest BCUT2D eigenvalue weighted by Gasteiger charge is 2.29. The average molecular weight is 365 g/mol. The van der Waals surface area contributed by atoms with E-state index in [1.807, 2.05) is 0 Å². The normalized spacial score (nSPS) is 19.5. The van der Waals surface area contributed by atoms with Crippen molar-refractivity contribution in [1.29, 1.82) is 0 Å². The number of ether oxygens (including phenoxy) is 3. The number of aliphatic carboxylic acids is 1. The molecule has 0 aliphatic heterocycles. The molecular weight excluding hydrogens is 338 g/mol. The SMILES string of the molecule is COc1cc(OC)c(CCNC(=O)C2CCC(C(=O)O)CC2)c(OC)c1. The van der Waals surface area contributed by atoms with Crippen molar-refractivity contribution < 1.29 is 28.9 Å². The number of amides is 1. The number of methoxy groups -OCH3 is 3. The molecule has 1 aromatic carbocycles. The fraction of sp³-hybridized carbons (Fsp3) is 0.579.